The van der Waals surface area contributed by atoms with Crippen molar-refractivity contribution in [3.8, 4) is 5.82 Å². The Labute approximate surface area is 169 Å². The molecule has 0 unspecified atom stereocenters. The molecule has 152 valence electrons. The van der Waals surface area contributed by atoms with Gasteiger partial charge in [-0.1, -0.05) is 12.1 Å². The van der Waals surface area contributed by atoms with Crippen LogP contribution in [0.15, 0.2) is 53.6 Å². The van der Waals surface area contributed by atoms with Crippen molar-refractivity contribution in [2.45, 2.75) is 18.7 Å². The molecule has 29 heavy (non-hydrogen) atoms. The number of halogens is 1. The van der Waals surface area contributed by atoms with Gasteiger partial charge in [0.05, 0.1) is 22.0 Å². The summed E-state index contributed by atoms with van der Waals surface area (Å²) in [4.78, 5) is 6.49. The molecule has 2 aromatic heterocycles. The van der Waals surface area contributed by atoms with E-state index in [2.05, 4.69) is 15.0 Å². The highest BCUT2D eigenvalue weighted by atomic mass is 32.2. The monoisotopic (exact) mass is 415 g/mol. The molecule has 0 amide bonds. The predicted octanol–water partition coefficient (Wildman–Crippen LogP) is 2.53. The van der Waals surface area contributed by atoms with Crippen LogP contribution in [0.3, 0.4) is 0 Å². The second-order valence-corrected chi connectivity index (χ2v) is 8.91. The molecule has 1 aliphatic heterocycles. The smallest absolute Gasteiger partial charge is 0.243 e. The summed E-state index contributed by atoms with van der Waals surface area (Å²) < 4.78 is 42.3. The Hall–Kier alpha value is -2.78. The van der Waals surface area contributed by atoms with Gasteiger partial charge in [-0.15, -0.1) is 0 Å². The quantitative estimate of drug-likeness (QED) is 0.655. The third-order valence-electron chi connectivity index (χ3n) is 5.11. The number of hydrogen-bond donors (Lipinski definition) is 0. The Bertz CT molecular complexity index is 1120. The van der Waals surface area contributed by atoms with E-state index in [9.17, 15) is 12.8 Å². The molecule has 0 radical (unpaired) electrons. The Morgan fingerprint density at radius 1 is 1.00 bits per heavy atom. The molecule has 1 saturated heterocycles. The van der Waals surface area contributed by atoms with E-state index in [1.807, 2.05) is 32.0 Å². The van der Waals surface area contributed by atoms with Gasteiger partial charge >= 0.3 is 0 Å². The molecule has 0 N–H and O–H groups in total. The lowest BCUT2D eigenvalue weighted by Crippen LogP contribution is -2.49. The molecule has 0 aliphatic carbocycles. The van der Waals surface area contributed by atoms with Crippen LogP contribution >= 0.6 is 0 Å². The van der Waals surface area contributed by atoms with E-state index >= 15 is 0 Å². The van der Waals surface area contributed by atoms with Crippen LogP contribution in [0.1, 0.15) is 11.4 Å². The summed E-state index contributed by atoms with van der Waals surface area (Å²) in [5.41, 5.74) is 2.83. The Kier molecular flexibility index (Phi) is 5.10. The van der Waals surface area contributed by atoms with E-state index in [1.54, 1.807) is 10.9 Å². The van der Waals surface area contributed by atoms with Crippen LogP contribution in [0.4, 0.5) is 10.1 Å². The standard InChI is InChI=1S/C20H22FN5O2S/c1-15-20(16(2)26(23-15)19-8-3-4-9-22-19)24-10-12-25(13-11-24)29(27,28)18-7-5-6-17(21)14-18/h3-9,14H,10-13H2,1-2H3. The van der Waals surface area contributed by atoms with Gasteiger partial charge in [0.2, 0.25) is 10.0 Å². The van der Waals surface area contributed by atoms with Gasteiger partial charge in [0.25, 0.3) is 0 Å². The van der Waals surface area contributed by atoms with Crippen molar-refractivity contribution >= 4 is 15.7 Å². The first-order valence-corrected chi connectivity index (χ1v) is 10.8. The van der Waals surface area contributed by atoms with Crippen molar-refractivity contribution in [1.82, 2.24) is 19.1 Å². The zero-order valence-electron chi connectivity index (χ0n) is 16.3. The van der Waals surface area contributed by atoms with Gasteiger partial charge in [-0.3, -0.25) is 0 Å². The Morgan fingerprint density at radius 3 is 2.41 bits per heavy atom. The summed E-state index contributed by atoms with van der Waals surface area (Å²) in [6, 6.07) is 10.8. The van der Waals surface area contributed by atoms with Crippen molar-refractivity contribution in [1.29, 1.82) is 0 Å². The first-order valence-electron chi connectivity index (χ1n) is 9.36. The maximum Gasteiger partial charge on any atom is 0.243 e. The molecule has 9 heteroatoms. The second-order valence-electron chi connectivity index (χ2n) is 6.97. The first kappa shape index (κ1) is 19.5. The number of pyridine rings is 1. The number of benzene rings is 1. The third-order valence-corrected chi connectivity index (χ3v) is 7.00. The third kappa shape index (κ3) is 3.63. The predicted molar refractivity (Wildman–Crippen MR) is 108 cm³/mol. The lowest BCUT2D eigenvalue weighted by atomic mass is 10.2. The maximum atomic E-state index is 13.5. The summed E-state index contributed by atoms with van der Waals surface area (Å²) in [5.74, 6) is 0.185. The summed E-state index contributed by atoms with van der Waals surface area (Å²) >= 11 is 0. The van der Waals surface area contributed by atoms with Gasteiger partial charge in [-0.2, -0.15) is 9.40 Å². The van der Waals surface area contributed by atoms with Crippen LogP contribution < -0.4 is 4.90 Å². The van der Waals surface area contributed by atoms with Gasteiger partial charge in [0.15, 0.2) is 5.82 Å². The van der Waals surface area contributed by atoms with Crippen LogP contribution in [-0.2, 0) is 10.0 Å². The topological polar surface area (TPSA) is 71.3 Å². The molecule has 1 fully saturated rings. The number of rotatable bonds is 4. The lowest BCUT2D eigenvalue weighted by molar-refractivity contribution is 0.384. The van der Waals surface area contributed by atoms with E-state index in [0.29, 0.717) is 26.2 Å². The number of sulfonamides is 1. The normalized spacial score (nSPS) is 15.6. The maximum absolute atomic E-state index is 13.5. The molecule has 0 bridgehead atoms. The molecular formula is C20H22FN5O2S. The highest BCUT2D eigenvalue weighted by Crippen LogP contribution is 2.28. The Balaban J connectivity index is 1.54. The van der Waals surface area contributed by atoms with Gasteiger partial charge in [-0.25, -0.2) is 22.5 Å². The van der Waals surface area contributed by atoms with E-state index in [-0.39, 0.29) is 4.90 Å². The van der Waals surface area contributed by atoms with E-state index < -0.39 is 15.8 Å². The van der Waals surface area contributed by atoms with Crippen molar-refractivity contribution in [2.24, 2.45) is 0 Å². The first-order chi connectivity index (χ1) is 13.9. The van der Waals surface area contributed by atoms with Gasteiger partial charge in [-0.05, 0) is 44.2 Å². The summed E-state index contributed by atoms with van der Waals surface area (Å²) in [5, 5.41) is 4.62. The van der Waals surface area contributed by atoms with Crippen molar-refractivity contribution in [3.63, 3.8) is 0 Å². The minimum atomic E-state index is -3.71. The molecule has 0 saturated carbocycles. The van der Waals surface area contributed by atoms with E-state index in [4.69, 9.17) is 0 Å². The fraction of sp³-hybridized carbons (Fsp3) is 0.300. The number of anilines is 1. The van der Waals surface area contributed by atoms with Crippen molar-refractivity contribution in [3.05, 3.63) is 65.9 Å². The average molecular weight is 415 g/mol. The fourth-order valence-electron chi connectivity index (χ4n) is 3.72. The number of aromatic nitrogens is 3. The number of nitrogens with zero attached hydrogens (tertiary/aromatic N) is 5. The number of piperazine rings is 1. The van der Waals surface area contributed by atoms with Crippen LogP contribution in [0.25, 0.3) is 5.82 Å². The molecule has 3 heterocycles. The highest BCUT2D eigenvalue weighted by Gasteiger charge is 2.30. The zero-order chi connectivity index (χ0) is 20.6. The van der Waals surface area contributed by atoms with Crippen LogP contribution in [0.5, 0.6) is 0 Å². The zero-order valence-corrected chi connectivity index (χ0v) is 17.1. The van der Waals surface area contributed by atoms with Gasteiger partial charge in [0, 0.05) is 32.4 Å². The molecular weight excluding hydrogens is 393 g/mol. The molecule has 1 aromatic carbocycles. The minimum absolute atomic E-state index is 0.0127. The molecule has 3 aromatic rings. The largest absolute Gasteiger partial charge is 0.366 e. The van der Waals surface area contributed by atoms with Crippen molar-refractivity contribution in [2.75, 3.05) is 31.1 Å². The van der Waals surface area contributed by atoms with E-state index in [0.717, 1.165) is 29.0 Å². The summed E-state index contributed by atoms with van der Waals surface area (Å²) in [6.07, 6.45) is 1.72. The molecule has 4 rings (SSSR count). The van der Waals surface area contributed by atoms with Crippen LogP contribution in [-0.4, -0.2) is 53.7 Å². The summed E-state index contributed by atoms with van der Waals surface area (Å²) in [7, 11) is -3.71. The van der Waals surface area contributed by atoms with Gasteiger partial charge in [0.1, 0.15) is 5.82 Å². The lowest BCUT2D eigenvalue weighted by Gasteiger charge is -2.35. The molecule has 0 spiro atoms. The summed E-state index contributed by atoms with van der Waals surface area (Å²) in [6.45, 7) is 5.64. The number of aryl methyl sites for hydroxylation is 1. The molecule has 1 aliphatic rings. The highest BCUT2D eigenvalue weighted by molar-refractivity contribution is 7.89. The minimum Gasteiger partial charge on any atom is -0.366 e. The number of hydrogen-bond acceptors (Lipinski definition) is 5. The molecule has 0 atom stereocenters. The van der Waals surface area contributed by atoms with Crippen LogP contribution in [0, 0.1) is 19.7 Å². The van der Waals surface area contributed by atoms with Crippen molar-refractivity contribution < 1.29 is 12.8 Å². The SMILES string of the molecule is Cc1nn(-c2ccccn2)c(C)c1N1CCN(S(=O)(=O)c2cccc(F)c2)CC1. The average Bonchev–Trinajstić information content (AvgIpc) is 3.03. The molecule has 7 nitrogen and oxygen atoms in total. The Morgan fingerprint density at radius 2 is 1.76 bits per heavy atom. The second kappa shape index (κ2) is 7.57. The van der Waals surface area contributed by atoms with E-state index in [1.165, 1.54) is 22.5 Å². The van der Waals surface area contributed by atoms with Gasteiger partial charge < -0.3 is 4.90 Å². The van der Waals surface area contributed by atoms with Crippen LogP contribution in [0.2, 0.25) is 0 Å². The fourth-order valence-corrected chi connectivity index (χ4v) is 5.18.